The van der Waals surface area contributed by atoms with E-state index < -0.39 is 15.8 Å². The summed E-state index contributed by atoms with van der Waals surface area (Å²) >= 11 is 6.07. The van der Waals surface area contributed by atoms with Gasteiger partial charge in [0.25, 0.3) is 0 Å². The minimum Gasteiger partial charge on any atom is -0.266 e. The van der Waals surface area contributed by atoms with Crippen molar-refractivity contribution in [2.45, 2.75) is 13.5 Å². The molecule has 0 amide bonds. The number of halogens is 2. The Bertz CT molecular complexity index is 762. The highest BCUT2D eigenvalue weighted by Gasteiger charge is 2.19. The van der Waals surface area contributed by atoms with Gasteiger partial charge in [-0.1, -0.05) is 35.9 Å². The fraction of sp³-hybridized carbons (Fsp3) is 0.200. The Morgan fingerprint density at radius 1 is 1.19 bits per heavy atom. The molecular weight excluding hydrogens is 313 g/mol. The number of anilines is 1. The molecule has 0 saturated carbocycles. The van der Waals surface area contributed by atoms with Crippen LogP contribution in [0.3, 0.4) is 0 Å². The summed E-state index contributed by atoms with van der Waals surface area (Å²) in [7, 11) is -3.55. The normalized spacial score (nSPS) is 11.4. The summed E-state index contributed by atoms with van der Waals surface area (Å²) in [6, 6.07) is 11.3. The molecule has 0 aromatic heterocycles. The SMILES string of the molecule is Cc1ccc(N(Cc2ccccc2Cl)S(C)(=O)=O)cc1F. The van der Waals surface area contributed by atoms with Crippen LogP contribution in [-0.4, -0.2) is 14.7 Å². The Labute approximate surface area is 129 Å². The van der Waals surface area contributed by atoms with E-state index >= 15 is 0 Å². The Balaban J connectivity index is 2.45. The van der Waals surface area contributed by atoms with Crippen LogP contribution in [0.5, 0.6) is 0 Å². The van der Waals surface area contributed by atoms with Gasteiger partial charge in [0, 0.05) is 5.02 Å². The predicted molar refractivity (Wildman–Crippen MR) is 83.6 cm³/mol. The van der Waals surface area contributed by atoms with Gasteiger partial charge in [-0.05, 0) is 36.2 Å². The van der Waals surface area contributed by atoms with Gasteiger partial charge in [0.15, 0.2) is 0 Å². The third-order valence-corrected chi connectivity index (χ3v) is 4.62. The molecule has 6 heteroatoms. The third-order valence-electron chi connectivity index (χ3n) is 3.12. The quantitative estimate of drug-likeness (QED) is 0.857. The highest BCUT2D eigenvalue weighted by Crippen LogP contribution is 2.25. The van der Waals surface area contributed by atoms with Crippen molar-refractivity contribution in [2.75, 3.05) is 10.6 Å². The first kappa shape index (κ1) is 15.8. The second-order valence-corrected chi connectivity index (χ2v) is 7.11. The first-order valence-corrected chi connectivity index (χ1v) is 8.49. The largest absolute Gasteiger partial charge is 0.266 e. The van der Waals surface area contributed by atoms with Gasteiger partial charge in [-0.3, -0.25) is 4.31 Å². The van der Waals surface area contributed by atoms with Crippen LogP contribution in [0.2, 0.25) is 5.02 Å². The van der Waals surface area contributed by atoms with Crippen LogP contribution in [-0.2, 0) is 16.6 Å². The second kappa shape index (κ2) is 6.03. The van der Waals surface area contributed by atoms with Crippen molar-refractivity contribution >= 4 is 27.3 Å². The third kappa shape index (κ3) is 3.74. The molecule has 2 rings (SSSR count). The van der Waals surface area contributed by atoms with Crippen LogP contribution < -0.4 is 4.31 Å². The smallest absolute Gasteiger partial charge is 0.232 e. The van der Waals surface area contributed by atoms with Crippen LogP contribution in [0.1, 0.15) is 11.1 Å². The summed E-state index contributed by atoms with van der Waals surface area (Å²) in [6.07, 6.45) is 1.08. The van der Waals surface area contributed by atoms with Crippen molar-refractivity contribution < 1.29 is 12.8 Å². The lowest BCUT2D eigenvalue weighted by Gasteiger charge is -2.23. The molecule has 3 nitrogen and oxygen atoms in total. The highest BCUT2D eigenvalue weighted by molar-refractivity contribution is 7.92. The molecule has 0 unspecified atom stereocenters. The summed E-state index contributed by atoms with van der Waals surface area (Å²) in [6.45, 7) is 1.68. The first-order chi connectivity index (χ1) is 9.79. The van der Waals surface area contributed by atoms with Gasteiger partial charge < -0.3 is 0 Å². The van der Waals surface area contributed by atoms with Crippen molar-refractivity contribution in [1.82, 2.24) is 0 Å². The molecule has 2 aromatic carbocycles. The molecule has 0 aliphatic carbocycles. The molecule has 0 saturated heterocycles. The van der Waals surface area contributed by atoms with Crippen LogP contribution >= 0.6 is 11.6 Å². The standard InChI is InChI=1S/C15H15ClFNO2S/c1-11-7-8-13(9-15(11)17)18(21(2,19)20)10-12-5-3-4-6-14(12)16/h3-9H,10H2,1-2H3. The zero-order valence-electron chi connectivity index (χ0n) is 11.7. The molecule has 0 heterocycles. The molecule has 0 atom stereocenters. The first-order valence-electron chi connectivity index (χ1n) is 6.26. The van der Waals surface area contributed by atoms with E-state index in [0.717, 1.165) is 10.6 Å². The summed E-state index contributed by atoms with van der Waals surface area (Å²) in [5.74, 6) is -0.444. The summed E-state index contributed by atoms with van der Waals surface area (Å²) in [4.78, 5) is 0. The number of nitrogens with zero attached hydrogens (tertiary/aromatic N) is 1. The van der Waals surface area contributed by atoms with E-state index in [1.807, 2.05) is 0 Å². The molecule has 0 bridgehead atoms. The van der Waals surface area contributed by atoms with Crippen molar-refractivity contribution in [2.24, 2.45) is 0 Å². The molecule has 0 N–H and O–H groups in total. The van der Waals surface area contributed by atoms with Gasteiger partial charge >= 0.3 is 0 Å². The Morgan fingerprint density at radius 2 is 1.86 bits per heavy atom. The fourth-order valence-electron chi connectivity index (χ4n) is 1.92. The van der Waals surface area contributed by atoms with Gasteiger partial charge in [-0.25, -0.2) is 12.8 Å². The highest BCUT2D eigenvalue weighted by atomic mass is 35.5. The maximum Gasteiger partial charge on any atom is 0.232 e. The van der Waals surface area contributed by atoms with E-state index in [9.17, 15) is 12.8 Å². The summed E-state index contributed by atoms with van der Waals surface area (Å²) in [5, 5.41) is 0.471. The van der Waals surface area contributed by atoms with Gasteiger partial charge in [0.1, 0.15) is 5.82 Å². The molecule has 0 radical (unpaired) electrons. The Kier molecular flexibility index (Phi) is 4.54. The lowest BCUT2D eigenvalue weighted by Crippen LogP contribution is -2.29. The maximum absolute atomic E-state index is 13.7. The maximum atomic E-state index is 13.7. The van der Waals surface area contributed by atoms with Crippen molar-refractivity contribution in [3.05, 3.63) is 64.4 Å². The zero-order valence-corrected chi connectivity index (χ0v) is 13.2. The van der Waals surface area contributed by atoms with E-state index in [0.29, 0.717) is 16.1 Å². The minimum atomic E-state index is -3.55. The minimum absolute atomic E-state index is 0.0566. The van der Waals surface area contributed by atoms with Crippen molar-refractivity contribution in [3.63, 3.8) is 0 Å². The van der Waals surface area contributed by atoms with Crippen LogP contribution in [0.4, 0.5) is 10.1 Å². The number of rotatable bonds is 4. The summed E-state index contributed by atoms with van der Waals surface area (Å²) < 4.78 is 38.8. The molecule has 0 aliphatic rings. The Hall–Kier alpha value is -1.59. The monoisotopic (exact) mass is 327 g/mol. The van der Waals surface area contributed by atoms with Crippen LogP contribution in [0.15, 0.2) is 42.5 Å². The number of benzene rings is 2. The number of aryl methyl sites for hydroxylation is 1. The topological polar surface area (TPSA) is 37.4 Å². The lowest BCUT2D eigenvalue weighted by molar-refractivity contribution is 0.595. The van der Waals surface area contributed by atoms with Gasteiger partial charge in [-0.15, -0.1) is 0 Å². The van der Waals surface area contributed by atoms with Crippen molar-refractivity contribution in [1.29, 1.82) is 0 Å². The molecule has 0 spiro atoms. The number of hydrogen-bond donors (Lipinski definition) is 0. The zero-order chi connectivity index (χ0) is 15.6. The fourth-order valence-corrected chi connectivity index (χ4v) is 2.98. The summed E-state index contributed by atoms with van der Waals surface area (Å²) in [5.41, 5.74) is 1.40. The van der Waals surface area contributed by atoms with E-state index in [-0.39, 0.29) is 12.2 Å². The molecular formula is C15H15ClFNO2S. The van der Waals surface area contributed by atoms with Crippen LogP contribution in [0.25, 0.3) is 0 Å². The van der Waals surface area contributed by atoms with Gasteiger partial charge in [0.05, 0.1) is 18.5 Å². The van der Waals surface area contributed by atoms with Gasteiger partial charge in [-0.2, -0.15) is 0 Å². The average Bonchev–Trinajstić information content (AvgIpc) is 2.40. The van der Waals surface area contributed by atoms with Crippen LogP contribution in [0, 0.1) is 12.7 Å². The molecule has 2 aromatic rings. The predicted octanol–water partition coefficient (Wildman–Crippen LogP) is 3.75. The molecule has 112 valence electrons. The second-order valence-electron chi connectivity index (χ2n) is 4.79. The van der Waals surface area contributed by atoms with E-state index in [2.05, 4.69) is 0 Å². The Morgan fingerprint density at radius 3 is 2.43 bits per heavy atom. The van der Waals surface area contributed by atoms with E-state index in [4.69, 9.17) is 11.6 Å². The average molecular weight is 328 g/mol. The molecule has 0 fully saturated rings. The molecule has 21 heavy (non-hydrogen) atoms. The molecule has 0 aliphatic heterocycles. The van der Waals surface area contributed by atoms with E-state index in [1.165, 1.54) is 6.07 Å². The number of sulfonamides is 1. The van der Waals surface area contributed by atoms with Gasteiger partial charge in [0.2, 0.25) is 10.0 Å². The number of hydrogen-bond acceptors (Lipinski definition) is 2. The lowest BCUT2D eigenvalue weighted by atomic mass is 10.2. The van der Waals surface area contributed by atoms with Crippen molar-refractivity contribution in [3.8, 4) is 0 Å². The van der Waals surface area contributed by atoms with E-state index in [1.54, 1.807) is 43.3 Å².